The van der Waals surface area contributed by atoms with Crippen LogP contribution in [0.4, 0.5) is 0 Å². The van der Waals surface area contributed by atoms with Gasteiger partial charge in [-0.05, 0) is 30.9 Å². The van der Waals surface area contributed by atoms with Gasteiger partial charge in [0.15, 0.2) is 9.84 Å². The normalized spacial score (nSPS) is 26.5. The molecule has 3 rings (SSSR count). The van der Waals surface area contributed by atoms with Crippen LogP contribution in [0.15, 0.2) is 24.4 Å². The van der Waals surface area contributed by atoms with E-state index in [-0.39, 0.29) is 11.3 Å². The molecule has 1 aromatic heterocycles. The Bertz CT molecular complexity index is 692. The summed E-state index contributed by atoms with van der Waals surface area (Å²) in [6.07, 6.45) is 6.11. The second-order valence-corrected chi connectivity index (χ2v) is 9.25. The lowest BCUT2D eigenvalue weighted by atomic mass is 9.81. The van der Waals surface area contributed by atoms with E-state index in [0.29, 0.717) is 32.2 Å². The van der Waals surface area contributed by atoms with Gasteiger partial charge in [0, 0.05) is 31.0 Å². The van der Waals surface area contributed by atoms with E-state index < -0.39 is 15.6 Å². The van der Waals surface area contributed by atoms with E-state index in [4.69, 9.17) is 4.74 Å². The van der Waals surface area contributed by atoms with Crippen molar-refractivity contribution in [2.24, 2.45) is 11.3 Å². The lowest BCUT2D eigenvalue weighted by Gasteiger charge is -2.28. The van der Waals surface area contributed by atoms with Gasteiger partial charge in [-0.15, -0.1) is 0 Å². The zero-order valence-corrected chi connectivity index (χ0v) is 14.8. The van der Waals surface area contributed by atoms with E-state index in [1.165, 1.54) is 0 Å². The fourth-order valence-corrected chi connectivity index (χ4v) is 4.63. The molecule has 2 fully saturated rings. The highest BCUT2D eigenvalue weighted by molar-refractivity contribution is 7.91. The highest BCUT2D eigenvalue weighted by Crippen LogP contribution is 2.49. The number of carbonyl (C=O) groups excluding carboxylic acids is 1. The summed E-state index contributed by atoms with van der Waals surface area (Å²) < 4.78 is 28.7. The molecule has 7 heteroatoms. The number of likely N-dealkylation sites (tertiary alicyclic amines) is 1. The van der Waals surface area contributed by atoms with Gasteiger partial charge in [-0.1, -0.05) is 12.5 Å². The van der Waals surface area contributed by atoms with Crippen LogP contribution in [-0.2, 0) is 26.0 Å². The fraction of sp³-hybridized carbons (Fsp3) is 0.647. The summed E-state index contributed by atoms with van der Waals surface area (Å²) in [7, 11) is -3.29. The molecule has 1 saturated heterocycles. The Labute approximate surface area is 143 Å². The molecule has 2 aliphatic rings. The molecule has 2 heterocycles. The number of nitrogens with zero attached hydrogens (tertiary/aromatic N) is 2. The average Bonchev–Trinajstić information content (AvgIpc) is 3.03. The number of aromatic nitrogens is 1. The van der Waals surface area contributed by atoms with Gasteiger partial charge < -0.3 is 9.64 Å². The zero-order valence-electron chi connectivity index (χ0n) is 14.0. The first-order chi connectivity index (χ1) is 11.4. The van der Waals surface area contributed by atoms with E-state index >= 15 is 0 Å². The number of hydrogen-bond acceptors (Lipinski definition) is 5. The van der Waals surface area contributed by atoms with Gasteiger partial charge in [-0.2, -0.15) is 0 Å². The van der Waals surface area contributed by atoms with Crippen molar-refractivity contribution in [1.82, 2.24) is 9.88 Å². The van der Waals surface area contributed by atoms with Crippen LogP contribution in [0.3, 0.4) is 0 Å². The fourth-order valence-electron chi connectivity index (χ4n) is 4.00. The van der Waals surface area contributed by atoms with Gasteiger partial charge in [-0.25, -0.2) is 8.42 Å². The van der Waals surface area contributed by atoms with Crippen LogP contribution in [0.2, 0.25) is 0 Å². The van der Waals surface area contributed by atoms with E-state index in [2.05, 4.69) is 4.98 Å². The lowest BCUT2D eigenvalue weighted by molar-refractivity contribution is -0.128. The van der Waals surface area contributed by atoms with Gasteiger partial charge in [0.2, 0.25) is 5.91 Å². The van der Waals surface area contributed by atoms with Crippen molar-refractivity contribution in [2.75, 3.05) is 31.7 Å². The summed E-state index contributed by atoms with van der Waals surface area (Å²) in [5.74, 6) is -0.273. The number of pyridine rings is 1. The summed E-state index contributed by atoms with van der Waals surface area (Å²) in [5, 5.41) is 0. The molecule has 1 aliphatic heterocycles. The molecule has 6 nitrogen and oxygen atoms in total. The van der Waals surface area contributed by atoms with Crippen LogP contribution in [-0.4, -0.2) is 55.9 Å². The second kappa shape index (κ2) is 6.80. The van der Waals surface area contributed by atoms with Crippen LogP contribution in [0.25, 0.3) is 0 Å². The van der Waals surface area contributed by atoms with Gasteiger partial charge in [-0.3, -0.25) is 9.78 Å². The standard InChI is InChI=1S/C17H24N2O4S/c1-24(21,22)11-16(20)19-9-14-5-4-7-17(14,12-19)13-23-10-15-6-2-3-8-18-15/h2-3,6,8,14H,4-5,7,9-13H2,1H3/t14-,17+/m0/s1. The molecule has 1 aromatic rings. The second-order valence-electron chi connectivity index (χ2n) is 7.11. The van der Waals surface area contributed by atoms with E-state index in [1.54, 1.807) is 11.1 Å². The Kier molecular flexibility index (Phi) is 4.92. The lowest BCUT2D eigenvalue weighted by Crippen LogP contribution is -2.37. The van der Waals surface area contributed by atoms with E-state index in [1.807, 2.05) is 18.2 Å². The SMILES string of the molecule is CS(=O)(=O)CC(=O)N1C[C@@H]2CCC[C@]2(COCc2ccccn2)C1. The van der Waals surface area contributed by atoms with Crippen LogP contribution in [0.5, 0.6) is 0 Å². The van der Waals surface area contributed by atoms with Crippen molar-refractivity contribution in [2.45, 2.75) is 25.9 Å². The quantitative estimate of drug-likeness (QED) is 0.771. The molecule has 0 aromatic carbocycles. The molecule has 0 unspecified atom stereocenters. The molecule has 1 amide bonds. The monoisotopic (exact) mass is 352 g/mol. The molecular weight excluding hydrogens is 328 g/mol. The number of rotatable bonds is 6. The molecule has 1 aliphatic carbocycles. The Balaban J connectivity index is 1.60. The molecule has 24 heavy (non-hydrogen) atoms. The number of carbonyl (C=O) groups is 1. The largest absolute Gasteiger partial charge is 0.375 e. The van der Waals surface area contributed by atoms with Crippen molar-refractivity contribution < 1.29 is 17.9 Å². The highest BCUT2D eigenvalue weighted by atomic mass is 32.2. The number of amides is 1. The number of ether oxygens (including phenoxy) is 1. The number of sulfone groups is 1. The topological polar surface area (TPSA) is 76.6 Å². The summed E-state index contributed by atoms with van der Waals surface area (Å²) in [6.45, 7) is 2.32. The van der Waals surface area contributed by atoms with E-state index in [9.17, 15) is 13.2 Å². The average molecular weight is 352 g/mol. The van der Waals surface area contributed by atoms with Crippen LogP contribution >= 0.6 is 0 Å². The summed E-state index contributed by atoms with van der Waals surface area (Å²) >= 11 is 0. The smallest absolute Gasteiger partial charge is 0.237 e. The third-order valence-corrected chi connectivity index (χ3v) is 5.92. The number of fused-ring (bicyclic) bond motifs is 1. The number of hydrogen-bond donors (Lipinski definition) is 0. The molecule has 0 radical (unpaired) electrons. The van der Waals surface area contributed by atoms with Crippen molar-refractivity contribution in [3.8, 4) is 0 Å². The molecule has 1 saturated carbocycles. The molecule has 132 valence electrons. The first kappa shape index (κ1) is 17.4. The third-order valence-electron chi connectivity index (χ3n) is 5.14. The predicted octanol–water partition coefficient (Wildman–Crippen LogP) is 1.27. The maximum absolute atomic E-state index is 12.2. The maximum atomic E-state index is 12.2. The minimum Gasteiger partial charge on any atom is -0.375 e. The summed E-state index contributed by atoms with van der Waals surface area (Å²) in [5.41, 5.74) is 0.869. The minimum atomic E-state index is -3.29. The highest BCUT2D eigenvalue weighted by Gasteiger charge is 2.50. The first-order valence-electron chi connectivity index (χ1n) is 8.31. The van der Waals surface area contributed by atoms with Crippen LogP contribution < -0.4 is 0 Å². The van der Waals surface area contributed by atoms with Crippen LogP contribution in [0, 0.1) is 11.3 Å². The van der Waals surface area contributed by atoms with Crippen LogP contribution in [0.1, 0.15) is 25.0 Å². The Hall–Kier alpha value is -1.47. The zero-order chi connectivity index (χ0) is 17.2. The van der Waals surface area contributed by atoms with Crippen molar-refractivity contribution >= 4 is 15.7 Å². The molecule has 2 atom stereocenters. The molecular formula is C17H24N2O4S. The van der Waals surface area contributed by atoms with Gasteiger partial charge in [0.05, 0.1) is 18.9 Å². The summed E-state index contributed by atoms with van der Waals surface area (Å²) in [4.78, 5) is 18.2. The molecule has 0 N–H and O–H groups in total. The third kappa shape index (κ3) is 3.95. The van der Waals surface area contributed by atoms with E-state index in [0.717, 1.165) is 31.2 Å². The van der Waals surface area contributed by atoms with Crippen molar-refractivity contribution in [3.05, 3.63) is 30.1 Å². The Morgan fingerprint density at radius 2 is 2.29 bits per heavy atom. The molecule has 0 spiro atoms. The predicted molar refractivity (Wildman–Crippen MR) is 90.0 cm³/mol. The summed E-state index contributed by atoms with van der Waals surface area (Å²) in [6, 6.07) is 5.74. The minimum absolute atomic E-state index is 0.0258. The van der Waals surface area contributed by atoms with Crippen molar-refractivity contribution in [1.29, 1.82) is 0 Å². The van der Waals surface area contributed by atoms with Gasteiger partial charge in [0.25, 0.3) is 0 Å². The Morgan fingerprint density at radius 1 is 1.46 bits per heavy atom. The molecule has 0 bridgehead atoms. The van der Waals surface area contributed by atoms with Gasteiger partial charge in [0.1, 0.15) is 5.75 Å². The van der Waals surface area contributed by atoms with Gasteiger partial charge >= 0.3 is 0 Å². The van der Waals surface area contributed by atoms with Crippen molar-refractivity contribution in [3.63, 3.8) is 0 Å². The maximum Gasteiger partial charge on any atom is 0.237 e. The first-order valence-corrected chi connectivity index (χ1v) is 10.4. The Morgan fingerprint density at radius 3 is 3.00 bits per heavy atom.